The summed E-state index contributed by atoms with van der Waals surface area (Å²) in [6.45, 7) is 4.01. The quantitative estimate of drug-likeness (QED) is 0.783. The molecule has 0 saturated heterocycles. The van der Waals surface area contributed by atoms with E-state index >= 15 is 0 Å². The molecule has 0 radical (unpaired) electrons. The molecule has 0 saturated carbocycles. The van der Waals surface area contributed by atoms with Crippen LogP contribution < -0.4 is 0 Å². The molecule has 0 bridgehead atoms. The number of aromatic amines is 1. The number of benzene rings is 1. The van der Waals surface area contributed by atoms with E-state index in [1.165, 1.54) is 0 Å². The number of H-pyrrole nitrogens is 1. The van der Waals surface area contributed by atoms with Crippen LogP contribution in [-0.2, 0) is 0 Å². The highest BCUT2D eigenvalue weighted by atomic mass is 16.3. The van der Waals surface area contributed by atoms with Gasteiger partial charge >= 0.3 is 0 Å². The minimum absolute atomic E-state index is 0.618. The van der Waals surface area contributed by atoms with Crippen LogP contribution in [0.2, 0.25) is 0 Å². The molecule has 0 aliphatic carbocycles. The van der Waals surface area contributed by atoms with Crippen LogP contribution in [0.5, 0.6) is 0 Å². The number of rotatable bonds is 2. The normalized spacial score (nSPS) is 12.7. The van der Waals surface area contributed by atoms with Gasteiger partial charge in [-0.2, -0.15) is 5.10 Å². The van der Waals surface area contributed by atoms with E-state index in [2.05, 4.69) is 10.2 Å². The van der Waals surface area contributed by atoms with Crippen molar-refractivity contribution < 1.29 is 5.11 Å². The van der Waals surface area contributed by atoms with E-state index in [-0.39, 0.29) is 0 Å². The summed E-state index contributed by atoms with van der Waals surface area (Å²) in [5.41, 5.74) is 3.89. The van der Waals surface area contributed by atoms with Crippen LogP contribution in [0.4, 0.5) is 0 Å². The summed E-state index contributed by atoms with van der Waals surface area (Å²) in [6.07, 6.45) is 1.02. The standard InChI is InChI=1S/C12H14N2O/c1-8-3-4-9(2)10(7-8)12(15)11-5-6-13-14-11/h3-7,12,15H,1-2H3,(H,13,14). The molecule has 3 nitrogen and oxygen atoms in total. The van der Waals surface area contributed by atoms with Crippen molar-refractivity contribution in [3.05, 3.63) is 52.8 Å². The predicted octanol–water partition coefficient (Wildman–Crippen LogP) is 2.11. The largest absolute Gasteiger partial charge is 0.382 e. The second kappa shape index (κ2) is 3.87. The molecule has 3 heteroatoms. The molecule has 1 atom stereocenters. The molecule has 2 rings (SSSR count). The Hall–Kier alpha value is -1.61. The predicted molar refractivity (Wildman–Crippen MR) is 58.6 cm³/mol. The number of nitrogens with zero attached hydrogens (tertiary/aromatic N) is 1. The number of aliphatic hydroxyl groups excluding tert-OH is 1. The van der Waals surface area contributed by atoms with Gasteiger partial charge in [-0.05, 0) is 31.0 Å². The molecular weight excluding hydrogens is 188 g/mol. The summed E-state index contributed by atoms with van der Waals surface area (Å²) in [5.74, 6) is 0. The maximum Gasteiger partial charge on any atom is 0.121 e. The van der Waals surface area contributed by atoms with E-state index in [0.29, 0.717) is 0 Å². The Morgan fingerprint density at radius 3 is 2.73 bits per heavy atom. The first-order valence-corrected chi connectivity index (χ1v) is 4.93. The van der Waals surface area contributed by atoms with Crippen LogP contribution in [0, 0.1) is 13.8 Å². The van der Waals surface area contributed by atoms with Crippen molar-refractivity contribution in [2.75, 3.05) is 0 Å². The lowest BCUT2D eigenvalue weighted by Gasteiger charge is -2.12. The third-order valence-electron chi connectivity index (χ3n) is 2.55. The first kappa shape index (κ1) is 9.93. The second-order valence-electron chi connectivity index (χ2n) is 3.77. The van der Waals surface area contributed by atoms with Crippen LogP contribution in [0.3, 0.4) is 0 Å². The van der Waals surface area contributed by atoms with Gasteiger partial charge in [0.1, 0.15) is 6.10 Å². The van der Waals surface area contributed by atoms with Gasteiger partial charge in [0.2, 0.25) is 0 Å². The first-order chi connectivity index (χ1) is 7.18. The molecule has 15 heavy (non-hydrogen) atoms. The SMILES string of the molecule is Cc1ccc(C)c(C(O)c2ccn[nH]2)c1. The average molecular weight is 202 g/mol. The Labute approximate surface area is 88.8 Å². The Morgan fingerprint density at radius 2 is 2.07 bits per heavy atom. The third kappa shape index (κ3) is 1.92. The van der Waals surface area contributed by atoms with Crippen molar-refractivity contribution in [2.24, 2.45) is 0 Å². The molecule has 1 aromatic carbocycles. The lowest BCUT2D eigenvalue weighted by molar-refractivity contribution is 0.214. The topological polar surface area (TPSA) is 48.9 Å². The monoisotopic (exact) mass is 202 g/mol. The fourth-order valence-electron chi connectivity index (χ4n) is 1.64. The number of aromatic nitrogens is 2. The summed E-state index contributed by atoms with van der Waals surface area (Å²) >= 11 is 0. The summed E-state index contributed by atoms with van der Waals surface area (Å²) in [6, 6.07) is 7.84. The lowest BCUT2D eigenvalue weighted by atomic mass is 9.99. The van der Waals surface area contributed by atoms with Crippen molar-refractivity contribution in [1.82, 2.24) is 10.2 Å². The molecule has 78 valence electrons. The number of hydrogen-bond acceptors (Lipinski definition) is 2. The number of nitrogens with one attached hydrogen (secondary N) is 1. The molecule has 1 heterocycles. The molecule has 2 N–H and O–H groups in total. The minimum Gasteiger partial charge on any atom is -0.382 e. The van der Waals surface area contributed by atoms with Gasteiger partial charge in [-0.3, -0.25) is 5.10 Å². The average Bonchev–Trinajstić information content (AvgIpc) is 2.74. The zero-order chi connectivity index (χ0) is 10.8. The second-order valence-corrected chi connectivity index (χ2v) is 3.77. The van der Waals surface area contributed by atoms with Crippen LogP contribution in [0.15, 0.2) is 30.5 Å². The van der Waals surface area contributed by atoms with E-state index in [1.807, 2.05) is 32.0 Å². The van der Waals surface area contributed by atoms with E-state index in [4.69, 9.17) is 0 Å². The molecule has 1 aromatic heterocycles. The molecule has 1 unspecified atom stereocenters. The highest BCUT2D eigenvalue weighted by molar-refractivity contribution is 5.35. The van der Waals surface area contributed by atoms with E-state index in [0.717, 1.165) is 22.4 Å². The maximum absolute atomic E-state index is 10.1. The smallest absolute Gasteiger partial charge is 0.121 e. The van der Waals surface area contributed by atoms with Gasteiger partial charge in [-0.25, -0.2) is 0 Å². The van der Waals surface area contributed by atoms with Crippen molar-refractivity contribution >= 4 is 0 Å². The van der Waals surface area contributed by atoms with Gasteiger partial charge in [0.25, 0.3) is 0 Å². The summed E-state index contributed by atoms with van der Waals surface area (Å²) in [4.78, 5) is 0. The fraction of sp³-hybridized carbons (Fsp3) is 0.250. The van der Waals surface area contributed by atoms with E-state index in [9.17, 15) is 5.11 Å². The molecule has 2 aromatic rings. The Bertz CT molecular complexity index is 449. The number of aryl methyl sites for hydroxylation is 2. The summed E-state index contributed by atoms with van der Waals surface area (Å²) < 4.78 is 0. The molecular formula is C12H14N2O. The highest BCUT2D eigenvalue weighted by Crippen LogP contribution is 2.23. The van der Waals surface area contributed by atoms with Crippen molar-refractivity contribution in [3.8, 4) is 0 Å². The highest BCUT2D eigenvalue weighted by Gasteiger charge is 2.13. The van der Waals surface area contributed by atoms with E-state index < -0.39 is 6.10 Å². The maximum atomic E-state index is 10.1. The first-order valence-electron chi connectivity index (χ1n) is 4.93. The van der Waals surface area contributed by atoms with Crippen molar-refractivity contribution in [3.63, 3.8) is 0 Å². The van der Waals surface area contributed by atoms with Crippen molar-refractivity contribution in [1.29, 1.82) is 0 Å². The number of hydrogen-bond donors (Lipinski definition) is 2. The van der Waals surface area contributed by atoms with Crippen molar-refractivity contribution in [2.45, 2.75) is 20.0 Å². The molecule has 0 fully saturated rings. The zero-order valence-electron chi connectivity index (χ0n) is 8.86. The summed E-state index contributed by atoms with van der Waals surface area (Å²) in [7, 11) is 0. The van der Waals surface area contributed by atoms with Gasteiger partial charge in [0, 0.05) is 6.20 Å². The van der Waals surface area contributed by atoms with Crippen LogP contribution in [0.1, 0.15) is 28.5 Å². The van der Waals surface area contributed by atoms with Gasteiger partial charge in [0.15, 0.2) is 0 Å². The van der Waals surface area contributed by atoms with Gasteiger partial charge in [-0.15, -0.1) is 0 Å². The molecule has 0 aliphatic heterocycles. The Kier molecular flexibility index (Phi) is 2.56. The van der Waals surface area contributed by atoms with E-state index in [1.54, 1.807) is 12.3 Å². The number of aliphatic hydroxyl groups is 1. The summed E-state index contributed by atoms with van der Waals surface area (Å²) in [5, 5.41) is 16.7. The minimum atomic E-state index is -0.618. The molecule has 0 amide bonds. The van der Waals surface area contributed by atoms with Crippen LogP contribution in [-0.4, -0.2) is 15.3 Å². The molecule has 0 spiro atoms. The van der Waals surface area contributed by atoms with Gasteiger partial charge in [-0.1, -0.05) is 23.8 Å². The van der Waals surface area contributed by atoms with Gasteiger partial charge in [0.05, 0.1) is 5.69 Å². The van der Waals surface area contributed by atoms with Gasteiger partial charge < -0.3 is 5.11 Å². The Balaban J connectivity index is 2.41. The van der Waals surface area contributed by atoms with Crippen LogP contribution >= 0.6 is 0 Å². The Morgan fingerprint density at radius 1 is 1.27 bits per heavy atom. The lowest BCUT2D eigenvalue weighted by Crippen LogP contribution is -2.02. The third-order valence-corrected chi connectivity index (χ3v) is 2.55. The molecule has 0 aliphatic rings. The van der Waals surface area contributed by atoms with Crippen LogP contribution in [0.25, 0.3) is 0 Å². The zero-order valence-corrected chi connectivity index (χ0v) is 8.86. The fourth-order valence-corrected chi connectivity index (χ4v) is 1.64.